The maximum absolute atomic E-state index is 12.5. The SMILES string of the molecule is Cc1nc(-c2ccc(CCNC(=O)CCC(=O)c3ccc4c(c3)CCCC4)cc2)cs1. The number of amides is 1. The van der Waals surface area contributed by atoms with Gasteiger partial charge >= 0.3 is 0 Å². The summed E-state index contributed by atoms with van der Waals surface area (Å²) in [5.41, 5.74) is 6.70. The van der Waals surface area contributed by atoms with Gasteiger partial charge in [-0.3, -0.25) is 9.59 Å². The Labute approximate surface area is 187 Å². The highest BCUT2D eigenvalue weighted by atomic mass is 32.1. The molecule has 5 heteroatoms. The number of hydrogen-bond donors (Lipinski definition) is 1. The van der Waals surface area contributed by atoms with E-state index >= 15 is 0 Å². The quantitative estimate of drug-likeness (QED) is 0.490. The molecule has 2 aromatic carbocycles. The molecule has 1 aromatic heterocycles. The molecule has 0 saturated heterocycles. The zero-order chi connectivity index (χ0) is 21.6. The normalized spacial score (nSPS) is 12.9. The second-order valence-corrected chi connectivity index (χ2v) is 9.22. The Morgan fingerprint density at radius 3 is 2.52 bits per heavy atom. The third-order valence-electron chi connectivity index (χ3n) is 5.85. The number of hydrogen-bond acceptors (Lipinski definition) is 4. The van der Waals surface area contributed by atoms with E-state index in [4.69, 9.17) is 0 Å². The summed E-state index contributed by atoms with van der Waals surface area (Å²) in [5.74, 6) is -0.0164. The first-order chi connectivity index (χ1) is 15.1. The van der Waals surface area contributed by atoms with Crippen molar-refractivity contribution in [3.05, 3.63) is 75.1 Å². The van der Waals surface area contributed by atoms with Crippen LogP contribution in [-0.4, -0.2) is 23.2 Å². The predicted molar refractivity (Wildman–Crippen MR) is 126 cm³/mol. The lowest BCUT2D eigenvalue weighted by Crippen LogP contribution is -2.26. The fourth-order valence-corrected chi connectivity index (χ4v) is 4.67. The maximum Gasteiger partial charge on any atom is 0.220 e. The Morgan fingerprint density at radius 1 is 1.00 bits per heavy atom. The number of carbonyl (C=O) groups is 2. The van der Waals surface area contributed by atoms with Gasteiger partial charge in [0.05, 0.1) is 10.7 Å². The van der Waals surface area contributed by atoms with Crippen molar-refractivity contribution in [3.8, 4) is 11.3 Å². The van der Waals surface area contributed by atoms with Crippen molar-refractivity contribution in [2.24, 2.45) is 0 Å². The highest BCUT2D eigenvalue weighted by molar-refractivity contribution is 7.09. The molecule has 1 aliphatic carbocycles. The predicted octanol–water partition coefficient (Wildman–Crippen LogP) is 5.32. The molecule has 160 valence electrons. The second-order valence-electron chi connectivity index (χ2n) is 8.16. The molecule has 31 heavy (non-hydrogen) atoms. The molecule has 0 unspecified atom stereocenters. The smallest absolute Gasteiger partial charge is 0.220 e. The minimum atomic E-state index is -0.0686. The molecule has 0 bridgehead atoms. The van der Waals surface area contributed by atoms with Crippen molar-refractivity contribution >= 4 is 23.0 Å². The molecule has 1 aliphatic rings. The van der Waals surface area contributed by atoms with Crippen molar-refractivity contribution in [3.63, 3.8) is 0 Å². The lowest BCUT2D eigenvalue weighted by molar-refractivity contribution is -0.121. The van der Waals surface area contributed by atoms with Crippen LogP contribution in [-0.2, 0) is 24.1 Å². The van der Waals surface area contributed by atoms with Crippen LogP contribution in [0.15, 0.2) is 47.8 Å². The van der Waals surface area contributed by atoms with Crippen LogP contribution in [0.3, 0.4) is 0 Å². The van der Waals surface area contributed by atoms with Crippen LogP contribution in [0.1, 0.15) is 57.7 Å². The minimum absolute atomic E-state index is 0.0522. The molecule has 1 N–H and O–H groups in total. The molecule has 1 heterocycles. The van der Waals surface area contributed by atoms with Crippen LogP contribution < -0.4 is 5.32 Å². The van der Waals surface area contributed by atoms with Gasteiger partial charge in [0.15, 0.2) is 5.78 Å². The molecule has 0 saturated carbocycles. The van der Waals surface area contributed by atoms with E-state index in [-0.39, 0.29) is 24.5 Å². The Bertz CT molecular complexity index is 1070. The fraction of sp³-hybridized carbons (Fsp3) is 0.346. The monoisotopic (exact) mass is 432 g/mol. The Hall–Kier alpha value is -2.79. The summed E-state index contributed by atoms with van der Waals surface area (Å²) in [5, 5.41) is 6.06. The van der Waals surface area contributed by atoms with E-state index in [1.54, 1.807) is 11.3 Å². The highest BCUT2D eigenvalue weighted by Gasteiger charge is 2.14. The fourth-order valence-electron chi connectivity index (χ4n) is 4.05. The molecule has 1 amide bonds. The molecular formula is C26H28N2O2S. The van der Waals surface area contributed by atoms with Crippen molar-refractivity contribution in [1.82, 2.24) is 10.3 Å². The molecular weight excluding hydrogens is 404 g/mol. The third-order valence-corrected chi connectivity index (χ3v) is 6.63. The second kappa shape index (κ2) is 10.0. The first-order valence-electron chi connectivity index (χ1n) is 11.0. The molecule has 0 radical (unpaired) electrons. The summed E-state index contributed by atoms with van der Waals surface area (Å²) < 4.78 is 0. The van der Waals surface area contributed by atoms with Crippen LogP contribution in [0, 0.1) is 6.92 Å². The Morgan fingerprint density at radius 2 is 1.77 bits per heavy atom. The van der Waals surface area contributed by atoms with Crippen LogP contribution in [0.25, 0.3) is 11.3 Å². The average Bonchev–Trinajstić information content (AvgIpc) is 3.24. The van der Waals surface area contributed by atoms with Crippen LogP contribution >= 0.6 is 11.3 Å². The van der Waals surface area contributed by atoms with Gasteiger partial charge in [-0.25, -0.2) is 4.98 Å². The average molecular weight is 433 g/mol. The van der Waals surface area contributed by atoms with E-state index in [1.807, 2.05) is 19.1 Å². The molecule has 4 nitrogen and oxygen atoms in total. The van der Waals surface area contributed by atoms with Gasteiger partial charge in [-0.2, -0.15) is 0 Å². The van der Waals surface area contributed by atoms with E-state index in [0.717, 1.165) is 41.1 Å². The number of nitrogens with zero attached hydrogens (tertiary/aromatic N) is 1. The zero-order valence-electron chi connectivity index (χ0n) is 17.9. The summed E-state index contributed by atoms with van der Waals surface area (Å²) in [6.45, 7) is 2.58. The summed E-state index contributed by atoms with van der Waals surface area (Å²) >= 11 is 1.65. The first kappa shape index (κ1) is 21.4. The van der Waals surface area contributed by atoms with Gasteiger partial charge < -0.3 is 5.32 Å². The van der Waals surface area contributed by atoms with E-state index < -0.39 is 0 Å². The Kier molecular flexibility index (Phi) is 6.92. The van der Waals surface area contributed by atoms with Crippen LogP contribution in [0.2, 0.25) is 0 Å². The zero-order valence-corrected chi connectivity index (χ0v) is 18.8. The number of fused-ring (bicyclic) bond motifs is 1. The van der Waals surface area contributed by atoms with Crippen molar-refractivity contribution in [2.75, 3.05) is 6.54 Å². The standard InChI is InChI=1S/C26H28N2O2S/c1-18-28-24(17-31-18)21-8-6-19(7-9-21)14-15-27-26(30)13-12-25(29)23-11-10-20-4-2-3-5-22(20)16-23/h6-11,16-17H,2-5,12-15H2,1H3,(H,27,30). The van der Waals surface area contributed by atoms with Gasteiger partial charge in [-0.1, -0.05) is 36.4 Å². The molecule has 4 rings (SSSR count). The number of rotatable bonds is 8. The minimum Gasteiger partial charge on any atom is -0.356 e. The number of carbonyl (C=O) groups excluding carboxylic acids is 2. The van der Waals surface area contributed by atoms with Crippen molar-refractivity contribution < 1.29 is 9.59 Å². The summed E-state index contributed by atoms with van der Waals surface area (Å²) in [7, 11) is 0. The number of aryl methyl sites for hydroxylation is 3. The number of nitrogens with one attached hydrogen (secondary N) is 1. The number of thiazole rings is 1. The third kappa shape index (κ3) is 5.67. The molecule has 0 atom stereocenters. The first-order valence-corrected chi connectivity index (χ1v) is 11.9. The maximum atomic E-state index is 12.5. The summed E-state index contributed by atoms with van der Waals surface area (Å²) in [6.07, 6.45) is 5.85. The van der Waals surface area contributed by atoms with Crippen LogP contribution in [0.5, 0.6) is 0 Å². The summed E-state index contributed by atoms with van der Waals surface area (Å²) in [6, 6.07) is 14.3. The molecule has 0 aliphatic heterocycles. The van der Waals surface area contributed by atoms with E-state index in [2.05, 4.69) is 46.0 Å². The van der Waals surface area contributed by atoms with Gasteiger partial charge in [0, 0.05) is 35.9 Å². The number of aromatic nitrogens is 1. The van der Waals surface area contributed by atoms with E-state index in [1.165, 1.54) is 29.5 Å². The highest BCUT2D eigenvalue weighted by Crippen LogP contribution is 2.23. The number of benzene rings is 2. The summed E-state index contributed by atoms with van der Waals surface area (Å²) in [4.78, 5) is 29.2. The molecule has 0 spiro atoms. The molecule has 0 fully saturated rings. The van der Waals surface area contributed by atoms with Gasteiger partial charge in [-0.15, -0.1) is 11.3 Å². The van der Waals surface area contributed by atoms with Crippen LogP contribution in [0.4, 0.5) is 0 Å². The van der Waals surface area contributed by atoms with Gasteiger partial charge in [0.1, 0.15) is 0 Å². The lowest BCUT2D eigenvalue weighted by atomic mass is 9.89. The van der Waals surface area contributed by atoms with Crippen molar-refractivity contribution in [1.29, 1.82) is 0 Å². The topological polar surface area (TPSA) is 59.1 Å². The largest absolute Gasteiger partial charge is 0.356 e. The van der Waals surface area contributed by atoms with Gasteiger partial charge in [0.2, 0.25) is 5.91 Å². The van der Waals surface area contributed by atoms with E-state index in [0.29, 0.717) is 6.54 Å². The van der Waals surface area contributed by atoms with E-state index in [9.17, 15) is 9.59 Å². The Balaban J connectivity index is 1.20. The number of ketones is 1. The van der Waals surface area contributed by atoms with Crippen molar-refractivity contribution in [2.45, 2.75) is 51.9 Å². The number of Topliss-reactive ketones (excluding diaryl/α,β-unsaturated/α-hetero) is 1. The molecule has 3 aromatic rings. The van der Waals surface area contributed by atoms with Gasteiger partial charge in [0.25, 0.3) is 0 Å². The lowest BCUT2D eigenvalue weighted by Gasteiger charge is -2.16. The van der Waals surface area contributed by atoms with Gasteiger partial charge in [-0.05, 0) is 61.8 Å².